The average Bonchev–Trinajstić information content (AvgIpc) is 2.71. The Morgan fingerprint density at radius 2 is 2.27 bits per heavy atom. The summed E-state index contributed by atoms with van der Waals surface area (Å²) >= 11 is 5.87. The first-order chi connectivity index (χ1) is 7.10. The SMILES string of the molecule is CC(O)(c1cccc(Cl)c1)c1ncc[nH]1. The molecule has 78 valence electrons. The molecule has 0 spiro atoms. The molecule has 0 saturated heterocycles. The van der Waals surface area contributed by atoms with Gasteiger partial charge < -0.3 is 10.1 Å². The Morgan fingerprint density at radius 3 is 2.87 bits per heavy atom. The van der Waals surface area contributed by atoms with Gasteiger partial charge in [-0.05, 0) is 24.6 Å². The quantitative estimate of drug-likeness (QED) is 0.819. The molecule has 1 aromatic heterocycles. The molecule has 2 N–H and O–H groups in total. The average molecular weight is 223 g/mol. The molecule has 1 heterocycles. The van der Waals surface area contributed by atoms with Gasteiger partial charge in [0.15, 0.2) is 0 Å². The second kappa shape index (κ2) is 3.68. The molecule has 0 amide bonds. The van der Waals surface area contributed by atoms with Crippen LogP contribution in [0.1, 0.15) is 18.3 Å². The highest BCUT2D eigenvalue weighted by Crippen LogP contribution is 2.27. The second-order valence-corrected chi connectivity index (χ2v) is 3.96. The number of rotatable bonds is 2. The summed E-state index contributed by atoms with van der Waals surface area (Å²) in [6.07, 6.45) is 3.28. The fourth-order valence-electron chi connectivity index (χ4n) is 1.46. The van der Waals surface area contributed by atoms with Crippen molar-refractivity contribution in [2.24, 2.45) is 0 Å². The van der Waals surface area contributed by atoms with Crippen LogP contribution in [-0.4, -0.2) is 15.1 Å². The van der Waals surface area contributed by atoms with Crippen molar-refractivity contribution in [3.05, 3.63) is 53.1 Å². The number of H-pyrrole nitrogens is 1. The lowest BCUT2D eigenvalue weighted by Gasteiger charge is -2.21. The number of aromatic nitrogens is 2. The number of hydrogen-bond donors (Lipinski definition) is 2. The minimum absolute atomic E-state index is 0.504. The van der Waals surface area contributed by atoms with Gasteiger partial charge in [-0.3, -0.25) is 0 Å². The summed E-state index contributed by atoms with van der Waals surface area (Å²) < 4.78 is 0. The fourth-order valence-corrected chi connectivity index (χ4v) is 1.65. The van der Waals surface area contributed by atoms with Gasteiger partial charge in [0.25, 0.3) is 0 Å². The van der Waals surface area contributed by atoms with Gasteiger partial charge in [0.2, 0.25) is 0 Å². The van der Waals surface area contributed by atoms with Crippen LogP contribution >= 0.6 is 11.6 Å². The molecule has 0 aliphatic heterocycles. The minimum atomic E-state index is -1.14. The van der Waals surface area contributed by atoms with Gasteiger partial charge in [-0.25, -0.2) is 4.98 Å². The number of nitrogens with one attached hydrogen (secondary N) is 1. The predicted molar refractivity (Wildman–Crippen MR) is 58.7 cm³/mol. The van der Waals surface area contributed by atoms with E-state index in [0.29, 0.717) is 16.4 Å². The molecule has 0 aliphatic carbocycles. The van der Waals surface area contributed by atoms with E-state index in [1.165, 1.54) is 0 Å². The lowest BCUT2D eigenvalue weighted by Crippen LogP contribution is -2.24. The molecule has 0 radical (unpaired) electrons. The van der Waals surface area contributed by atoms with Crippen LogP contribution in [0.5, 0.6) is 0 Å². The number of halogens is 1. The third kappa shape index (κ3) is 1.89. The van der Waals surface area contributed by atoms with Crippen LogP contribution < -0.4 is 0 Å². The van der Waals surface area contributed by atoms with E-state index in [2.05, 4.69) is 9.97 Å². The van der Waals surface area contributed by atoms with E-state index in [-0.39, 0.29) is 0 Å². The van der Waals surface area contributed by atoms with Crippen molar-refractivity contribution >= 4 is 11.6 Å². The zero-order valence-electron chi connectivity index (χ0n) is 8.24. The lowest BCUT2D eigenvalue weighted by atomic mass is 9.95. The van der Waals surface area contributed by atoms with E-state index in [1.54, 1.807) is 37.5 Å². The van der Waals surface area contributed by atoms with Crippen LogP contribution in [0.2, 0.25) is 5.02 Å². The Morgan fingerprint density at radius 1 is 1.47 bits per heavy atom. The number of aliphatic hydroxyl groups is 1. The summed E-state index contributed by atoms with van der Waals surface area (Å²) in [5, 5.41) is 10.9. The standard InChI is InChI=1S/C11H11ClN2O/c1-11(15,10-13-5-6-14-10)8-3-2-4-9(12)7-8/h2-7,15H,1H3,(H,13,14). The molecule has 0 saturated carbocycles. The van der Waals surface area contributed by atoms with Crippen molar-refractivity contribution in [2.45, 2.75) is 12.5 Å². The zero-order valence-corrected chi connectivity index (χ0v) is 8.99. The van der Waals surface area contributed by atoms with E-state index in [9.17, 15) is 5.11 Å². The Hall–Kier alpha value is -1.32. The summed E-state index contributed by atoms with van der Waals surface area (Å²) in [6, 6.07) is 7.11. The van der Waals surface area contributed by atoms with E-state index in [4.69, 9.17) is 11.6 Å². The van der Waals surface area contributed by atoms with Crippen molar-refractivity contribution in [2.75, 3.05) is 0 Å². The van der Waals surface area contributed by atoms with Gasteiger partial charge in [0.1, 0.15) is 11.4 Å². The molecule has 4 heteroatoms. The van der Waals surface area contributed by atoms with Crippen molar-refractivity contribution < 1.29 is 5.11 Å². The molecule has 0 fully saturated rings. The smallest absolute Gasteiger partial charge is 0.144 e. The van der Waals surface area contributed by atoms with Gasteiger partial charge >= 0.3 is 0 Å². The zero-order chi connectivity index (χ0) is 10.9. The van der Waals surface area contributed by atoms with Gasteiger partial charge in [-0.2, -0.15) is 0 Å². The first-order valence-electron chi connectivity index (χ1n) is 4.59. The first kappa shape index (κ1) is 10.2. The van der Waals surface area contributed by atoms with Crippen molar-refractivity contribution in [3.8, 4) is 0 Å². The van der Waals surface area contributed by atoms with E-state index >= 15 is 0 Å². The number of aromatic amines is 1. The molecule has 3 nitrogen and oxygen atoms in total. The Balaban J connectivity index is 2.46. The highest BCUT2D eigenvalue weighted by Gasteiger charge is 2.28. The van der Waals surface area contributed by atoms with Gasteiger partial charge in [0, 0.05) is 17.4 Å². The maximum absolute atomic E-state index is 10.3. The molecule has 1 aromatic carbocycles. The van der Waals surface area contributed by atoms with E-state index in [1.807, 2.05) is 6.07 Å². The van der Waals surface area contributed by atoms with Gasteiger partial charge in [0.05, 0.1) is 0 Å². The van der Waals surface area contributed by atoms with E-state index in [0.717, 1.165) is 0 Å². The first-order valence-corrected chi connectivity index (χ1v) is 4.97. The summed E-state index contributed by atoms with van der Waals surface area (Å²) in [5.41, 5.74) is -0.432. The Kier molecular flexibility index (Phi) is 2.50. The fraction of sp³-hybridized carbons (Fsp3) is 0.182. The molecule has 15 heavy (non-hydrogen) atoms. The van der Waals surface area contributed by atoms with Crippen LogP contribution in [0.15, 0.2) is 36.7 Å². The monoisotopic (exact) mass is 222 g/mol. The number of hydrogen-bond acceptors (Lipinski definition) is 2. The number of imidazole rings is 1. The van der Waals surface area contributed by atoms with Gasteiger partial charge in [-0.15, -0.1) is 0 Å². The third-order valence-electron chi connectivity index (χ3n) is 2.35. The van der Waals surface area contributed by atoms with Crippen LogP contribution in [-0.2, 0) is 5.60 Å². The largest absolute Gasteiger partial charge is 0.377 e. The molecular formula is C11H11ClN2O. The number of nitrogens with zero attached hydrogens (tertiary/aromatic N) is 1. The van der Waals surface area contributed by atoms with E-state index < -0.39 is 5.60 Å². The molecule has 1 unspecified atom stereocenters. The second-order valence-electron chi connectivity index (χ2n) is 3.52. The Bertz CT molecular complexity index is 451. The third-order valence-corrected chi connectivity index (χ3v) is 2.58. The van der Waals surface area contributed by atoms with Crippen LogP contribution in [0.25, 0.3) is 0 Å². The van der Waals surface area contributed by atoms with Crippen LogP contribution in [0, 0.1) is 0 Å². The number of benzene rings is 1. The summed E-state index contributed by atoms with van der Waals surface area (Å²) in [7, 11) is 0. The van der Waals surface area contributed by atoms with Gasteiger partial charge in [-0.1, -0.05) is 23.7 Å². The van der Waals surface area contributed by atoms with Crippen molar-refractivity contribution in [3.63, 3.8) is 0 Å². The molecule has 2 rings (SSSR count). The summed E-state index contributed by atoms with van der Waals surface area (Å²) in [4.78, 5) is 6.94. The lowest BCUT2D eigenvalue weighted by molar-refractivity contribution is 0.0932. The highest BCUT2D eigenvalue weighted by molar-refractivity contribution is 6.30. The molecule has 0 aliphatic rings. The normalized spacial score (nSPS) is 14.9. The minimum Gasteiger partial charge on any atom is -0.377 e. The molecule has 0 bridgehead atoms. The highest BCUT2D eigenvalue weighted by atomic mass is 35.5. The maximum Gasteiger partial charge on any atom is 0.144 e. The topological polar surface area (TPSA) is 48.9 Å². The maximum atomic E-state index is 10.3. The van der Waals surface area contributed by atoms with Crippen molar-refractivity contribution in [1.82, 2.24) is 9.97 Å². The molecule has 1 atom stereocenters. The molecular weight excluding hydrogens is 212 g/mol. The van der Waals surface area contributed by atoms with Crippen LogP contribution in [0.4, 0.5) is 0 Å². The summed E-state index contributed by atoms with van der Waals surface area (Å²) in [6.45, 7) is 1.68. The predicted octanol–water partition coefficient (Wildman–Crippen LogP) is 2.32. The molecule has 2 aromatic rings. The van der Waals surface area contributed by atoms with Crippen molar-refractivity contribution in [1.29, 1.82) is 0 Å². The summed E-state index contributed by atoms with van der Waals surface area (Å²) in [5.74, 6) is 0.504. The Labute approximate surface area is 92.7 Å². The van der Waals surface area contributed by atoms with Crippen LogP contribution in [0.3, 0.4) is 0 Å².